The molecule has 0 atom stereocenters. The molecule has 0 aromatic carbocycles. The molecule has 194 valence electrons. The quantitative estimate of drug-likeness (QED) is 0.0759. The van der Waals surface area contributed by atoms with Crippen LogP contribution in [-0.2, 0) is 37.9 Å². The largest absolute Gasteiger partial charge is 0.379 e. The number of ether oxygens (including phenoxy) is 8. The van der Waals surface area contributed by atoms with Crippen LogP contribution in [0.2, 0.25) is 0 Å². The minimum absolute atomic E-state index is 0.551. The number of hydrogen-bond donors (Lipinski definition) is 0. The summed E-state index contributed by atoms with van der Waals surface area (Å²) < 4.78 is 44.5. The summed E-state index contributed by atoms with van der Waals surface area (Å²) in [5.41, 5.74) is 0. The molecule has 0 saturated heterocycles. The van der Waals surface area contributed by atoms with E-state index in [2.05, 4.69) is 29.5 Å². The molecule has 0 saturated carbocycles. The van der Waals surface area contributed by atoms with Gasteiger partial charge in [-0.05, 0) is 6.42 Å². The van der Waals surface area contributed by atoms with Crippen LogP contribution in [-0.4, -0.2) is 110 Å². The van der Waals surface area contributed by atoms with E-state index in [1.165, 1.54) is 25.7 Å². The highest BCUT2D eigenvalue weighted by atomic mass is 127. The van der Waals surface area contributed by atoms with Crippen molar-refractivity contribution in [2.45, 2.75) is 39.0 Å². The standard InChI is InChI=1S/C23H47IO8/c1-2-3-4-5-6-8-25-10-12-27-14-16-29-18-20-31-22-23-32-21-19-30-17-15-28-13-11-26-9-7-24/h2-23H2,1H3. The van der Waals surface area contributed by atoms with Crippen molar-refractivity contribution in [3.63, 3.8) is 0 Å². The summed E-state index contributed by atoms with van der Waals surface area (Å²) >= 11 is 2.28. The van der Waals surface area contributed by atoms with Crippen molar-refractivity contribution >= 4 is 22.6 Å². The van der Waals surface area contributed by atoms with Gasteiger partial charge >= 0.3 is 0 Å². The lowest BCUT2D eigenvalue weighted by Gasteiger charge is -2.08. The molecule has 9 heteroatoms. The second-order valence-corrected chi connectivity index (χ2v) is 8.08. The number of alkyl halides is 1. The van der Waals surface area contributed by atoms with Crippen LogP contribution in [0.25, 0.3) is 0 Å². The van der Waals surface area contributed by atoms with Crippen LogP contribution in [0.1, 0.15) is 39.0 Å². The van der Waals surface area contributed by atoms with Gasteiger partial charge in [-0.3, -0.25) is 0 Å². The zero-order valence-electron chi connectivity index (χ0n) is 20.2. The molecule has 0 unspecified atom stereocenters. The summed E-state index contributed by atoms with van der Waals surface area (Å²) in [6, 6.07) is 0. The van der Waals surface area contributed by atoms with Crippen molar-refractivity contribution in [1.82, 2.24) is 0 Å². The van der Waals surface area contributed by atoms with Crippen molar-refractivity contribution < 1.29 is 37.9 Å². The van der Waals surface area contributed by atoms with E-state index >= 15 is 0 Å². The lowest BCUT2D eigenvalue weighted by atomic mass is 10.2. The maximum Gasteiger partial charge on any atom is 0.0701 e. The molecule has 0 spiro atoms. The maximum atomic E-state index is 5.54. The van der Waals surface area contributed by atoms with Gasteiger partial charge in [0.25, 0.3) is 0 Å². The number of hydrogen-bond acceptors (Lipinski definition) is 8. The SMILES string of the molecule is CCCCCCCOCCOCCOCCOCCOCCOCCOCCOCCI. The molecule has 0 fully saturated rings. The summed E-state index contributed by atoms with van der Waals surface area (Å²) in [5.74, 6) is 0. The average molecular weight is 579 g/mol. The Kier molecular flexibility index (Phi) is 31.8. The van der Waals surface area contributed by atoms with Gasteiger partial charge in [0.2, 0.25) is 0 Å². The molecule has 0 aromatic heterocycles. The predicted octanol–water partition coefficient (Wildman–Crippen LogP) is 3.52. The zero-order valence-corrected chi connectivity index (χ0v) is 22.4. The molecular formula is C23H47IO8. The van der Waals surface area contributed by atoms with Gasteiger partial charge in [0, 0.05) is 11.0 Å². The smallest absolute Gasteiger partial charge is 0.0701 e. The van der Waals surface area contributed by atoms with Gasteiger partial charge in [-0.25, -0.2) is 0 Å². The van der Waals surface area contributed by atoms with Crippen LogP contribution >= 0.6 is 22.6 Å². The Morgan fingerprint density at radius 1 is 0.344 bits per heavy atom. The van der Waals surface area contributed by atoms with Gasteiger partial charge in [0.1, 0.15) is 0 Å². The van der Waals surface area contributed by atoms with Crippen LogP contribution in [0.5, 0.6) is 0 Å². The Bertz CT molecular complexity index is 296. The van der Waals surface area contributed by atoms with E-state index < -0.39 is 0 Å². The van der Waals surface area contributed by atoms with E-state index in [9.17, 15) is 0 Å². The fourth-order valence-corrected chi connectivity index (χ4v) is 2.82. The first-order valence-electron chi connectivity index (χ1n) is 12.1. The summed E-state index contributed by atoms with van der Waals surface area (Å²) in [5, 5.41) is 0. The molecule has 32 heavy (non-hydrogen) atoms. The highest BCUT2D eigenvalue weighted by Gasteiger charge is 1.95. The summed E-state index contributed by atoms with van der Waals surface area (Å²) in [6.45, 7) is 12.0. The van der Waals surface area contributed by atoms with Gasteiger partial charge < -0.3 is 37.9 Å². The molecule has 0 aliphatic heterocycles. The molecule has 0 heterocycles. The third-order valence-corrected chi connectivity index (χ3v) is 4.66. The van der Waals surface area contributed by atoms with E-state index in [1.54, 1.807) is 0 Å². The Morgan fingerprint density at radius 3 is 0.938 bits per heavy atom. The van der Waals surface area contributed by atoms with Crippen LogP contribution in [0.3, 0.4) is 0 Å². The molecule has 0 N–H and O–H groups in total. The second-order valence-electron chi connectivity index (χ2n) is 7.00. The Hall–Kier alpha value is 0.410. The topological polar surface area (TPSA) is 73.8 Å². The van der Waals surface area contributed by atoms with E-state index in [0.29, 0.717) is 92.5 Å². The van der Waals surface area contributed by atoms with E-state index in [4.69, 9.17) is 37.9 Å². The highest BCUT2D eigenvalue weighted by Crippen LogP contribution is 2.02. The Morgan fingerprint density at radius 2 is 0.625 bits per heavy atom. The molecule has 0 aliphatic rings. The first kappa shape index (κ1) is 32.4. The second kappa shape index (κ2) is 31.4. The summed E-state index contributed by atoms with van der Waals surface area (Å²) in [6.07, 6.45) is 6.32. The zero-order chi connectivity index (χ0) is 23.2. The molecule has 0 bridgehead atoms. The van der Waals surface area contributed by atoms with Crippen LogP contribution in [0.4, 0.5) is 0 Å². The first-order chi connectivity index (χ1) is 15.9. The van der Waals surface area contributed by atoms with E-state index in [0.717, 1.165) is 24.1 Å². The van der Waals surface area contributed by atoms with Gasteiger partial charge in [0.15, 0.2) is 0 Å². The van der Waals surface area contributed by atoms with Crippen molar-refractivity contribution in [2.75, 3.05) is 110 Å². The highest BCUT2D eigenvalue weighted by molar-refractivity contribution is 14.1. The third-order valence-electron chi connectivity index (χ3n) is 4.22. The number of halogens is 1. The van der Waals surface area contributed by atoms with Gasteiger partial charge in [-0.15, -0.1) is 0 Å². The van der Waals surface area contributed by atoms with Crippen LogP contribution in [0, 0.1) is 0 Å². The Labute approximate surface area is 209 Å². The molecule has 0 rings (SSSR count). The monoisotopic (exact) mass is 578 g/mol. The minimum atomic E-state index is 0.551. The fourth-order valence-electron chi connectivity index (χ4n) is 2.50. The predicted molar refractivity (Wildman–Crippen MR) is 134 cm³/mol. The number of rotatable bonds is 29. The van der Waals surface area contributed by atoms with Crippen molar-refractivity contribution in [3.8, 4) is 0 Å². The lowest BCUT2D eigenvalue weighted by Crippen LogP contribution is -2.15. The fraction of sp³-hybridized carbons (Fsp3) is 1.00. The Balaban J connectivity index is 2.98. The van der Waals surface area contributed by atoms with Crippen molar-refractivity contribution in [1.29, 1.82) is 0 Å². The van der Waals surface area contributed by atoms with Crippen LogP contribution in [0.15, 0.2) is 0 Å². The molecule has 0 radical (unpaired) electrons. The summed E-state index contributed by atoms with van der Waals surface area (Å²) in [7, 11) is 0. The van der Waals surface area contributed by atoms with E-state index in [1.807, 2.05) is 0 Å². The van der Waals surface area contributed by atoms with Crippen molar-refractivity contribution in [3.05, 3.63) is 0 Å². The lowest BCUT2D eigenvalue weighted by molar-refractivity contribution is -0.0228. The molecule has 8 nitrogen and oxygen atoms in total. The minimum Gasteiger partial charge on any atom is -0.379 e. The molecule has 0 aromatic rings. The molecule has 0 aliphatic carbocycles. The molecule has 0 amide bonds. The normalized spacial score (nSPS) is 11.4. The van der Waals surface area contributed by atoms with E-state index in [-0.39, 0.29) is 0 Å². The first-order valence-corrected chi connectivity index (χ1v) is 13.6. The van der Waals surface area contributed by atoms with Crippen molar-refractivity contribution in [2.24, 2.45) is 0 Å². The van der Waals surface area contributed by atoms with Gasteiger partial charge in [0.05, 0.1) is 99.1 Å². The number of unbranched alkanes of at least 4 members (excludes halogenated alkanes) is 4. The maximum absolute atomic E-state index is 5.54. The average Bonchev–Trinajstić information content (AvgIpc) is 2.81. The van der Waals surface area contributed by atoms with Gasteiger partial charge in [-0.2, -0.15) is 0 Å². The van der Waals surface area contributed by atoms with Gasteiger partial charge in [-0.1, -0.05) is 55.2 Å². The molecular weight excluding hydrogens is 531 g/mol. The third kappa shape index (κ3) is 30.4. The summed E-state index contributed by atoms with van der Waals surface area (Å²) in [4.78, 5) is 0. The van der Waals surface area contributed by atoms with Crippen LogP contribution < -0.4 is 0 Å².